The third-order valence-electron chi connectivity index (χ3n) is 11.4. The third-order valence-corrected chi connectivity index (χ3v) is 11.4. The average molecular weight is 643 g/mol. The van der Waals surface area contributed by atoms with E-state index < -0.39 is 5.41 Å². The zero-order valence-corrected chi connectivity index (χ0v) is 27.4. The summed E-state index contributed by atoms with van der Waals surface area (Å²) < 4.78 is 0. The molecule has 0 saturated heterocycles. The molecule has 2 nitrogen and oxygen atoms in total. The summed E-state index contributed by atoms with van der Waals surface area (Å²) in [6, 6.07) is 61.4. The molecule has 1 spiro atoms. The topological polar surface area (TPSA) is 47.6 Å². The highest BCUT2D eigenvalue weighted by Crippen LogP contribution is 2.67. The van der Waals surface area contributed by atoms with Crippen LogP contribution in [0, 0.1) is 22.7 Å². The van der Waals surface area contributed by atoms with Gasteiger partial charge in [-0.05, 0) is 130 Å². The number of rotatable bonds is 2. The Kier molecular flexibility index (Phi) is 5.48. The van der Waals surface area contributed by atoms with E-state index in [-0.39, 0.29) is 0 Å². The van der Waals surface area contributed by atoms with Crippen LogP contribution in [0.3, 0.4) is 0 Å². The summed E-state index contributed by atoms with van der Waals surface area (Å²) in [4.78, 5) is 0. The van der Waals surface area contributed by atoms with Crippen molar-refractivity contribution in [1.82, 2.24) is 0 Å². The Morgan fingerprint density at radius 3 is 1.57 bits per heavy atom. The standard InChI is InChI=1S/C49H26N2/c50-27-29-22-30(28-51)24-34(23-29)32-12-7-13-33(25-32)46-47-39-18-9-11-31-10-8-17-37(45(31)39)40(47)26-44-48(46)38-16-3-6-21-43(38)49(44)41-19-4-1-14-35(41)36-15-2-5-20-42(36)49/h1-26H. The molecule has 2 heteroatoms. The van der Waals surface area contributed by atoms with Gasteiger partial charge >= 0.3 is 0 Å². The van der Waals surface area contributed by atoms with E-state index in [2.05, 4.69) is 152 Å². The predicted octanol–water partition coefficient (Wildman–Crippen LogP) is 11.9. The SMILES string of the molecule is N#Cc1cc(C#N)cc(-c2cccc(-c3c4c(cc5c3-c3ccccc3C53c5ccccc5-c5ccccc53)-c3cccc5cccc-4c35)c2)c1. The van der Waals surface area contributed by atoms with Gasteiger partial charge in [-0.1, -0.05) is 127 Å². The molecule has 8 aromatic carbocycles. The first-order valence-electron chi connectivity index (χ1n) is 17.3. The van der Waals surface area contributed by atoms with Crippen molar-refractivity contribution in [1.29, 1.82) is 10.5 Å². The molecule has 11 rings (SSSR count). The van der Waals surface area contributed by atoms with Gasteiger partial charge in [-0.3, -0.25) is 0 Å². The highest BCUT2D eigenvalue weighted by molar-refractivity contribution is 6.21. The molecule has 3 aliphatic rings. The van der Waals surface area contributed by atoms with Gasteiger partial charge < -0.3 is 0 Å². The van der Waals surface area contributed by atoms with Gasteiger partial charge in [-0.15, -0.1) is 0 Å². The molecule has 0 aromatic heterocycles. The molecular formula is C49H26N2. The minimum Gasteiger partial charge on any atom is -0.192 e. The van der Waals surface area contributed by atoms with Crippen LogP contribution < -0.4 is 0 Å². The van der Waals surface area contributed by atoms with E-state index in [1.807, 2.05) is 12.1 Å². The monoisotopic (exact) mass is 642 g/mol. The Labute approximate surface area is 295 Å². The van der Waals surface area contributed by atoms with Gasteiger partial charge in [0.15, 0.2) is 0 Å². The summed E-state index contributed by atoms with van der Waals surface area (Å²) in [5.41, 5.74) is 20.0. The predicted molar refractivity (Wildman–Crippen MR) is 205 cm³/mol. The quantitative estimate of drug-likeness (QED) is 0.188. The molecule has 0 fully saturated rings. The summed E-state index contributed by atoms with van der Waals surface area (Å²) in [5.74, 6) is 0. The van der Waals surface area contributed by atoms with Gasteiger partial charge in [-0.2, -0.15) is 10.5 Å². The van der Waals surface area contributed by atoms with Crippen LogP contribution in [0.2, 0.25) is 0 Å². The van der Waals surface area contributed by atoms with Gasteiger partial charge in [0.25, 0.3) is 0 Å². The molecule has 232 valence electrons. The van der Waals surface area contributed by atoms with Crippen LogP contribution in [0.15, 0.2) is 158 Å². The van der Waals surface area contributed by atoms with Crippen molar-refractivity contribution in [2.75, 3.05) is 0 Å². The van der Waals surface area contributed by atoms with Crippen molar-refractivity contribution >= 4 is 10.8 Å². The normalized spacial score (nSPS) is 13.2. The summed E-state index contributed by atoms with van der Waals surface area (Å²) in [6.07, 6.45) is 0. The maximum Gasteiger partial charge on any atom is 0.0992 e. The van der Waals surface area contributed by atoms with Crippen LogP contribution in [0.4, 0.5) is 0 Å². The lowest BCUT2D eigenvalue weighted by atomic mass is 9.69. The summed E-state index contributed by atoms with van der Waals surface area (Å²) in [7, 11) is 0. The maximum atomic E-state index is 9.81. The van der Waals surface area contributed by atoms with Crippen molar-refractivity contribution in [3.05, 3.63) is 191 Å². The largest absolute Gasteiger partial charge is 0.192 e. The first-order chi connectivity index (χ1) is 25.2. The molecule has 0 amide bonds. The van der Waals surface area contributed by atoms with E-state index in [9.17, 15) is 10.5 Å². The second-order valence-corrected chi connectivity index (χ2v) is 13.8. The number of nitriles is 2. The number of fused-ring (bicyclic) bond motifs is 13. The molecule has 8 aromatic rings. The van der Waals surface area contributed by atoms with Crippen molar-refractivity contribution in [3.63, 3.8) is 0 Å². The fourth-order valence-corrected chi connectivity index (χ4v) is 9.58. The molecule has 0 unspecified atom stereocenters. The number of hydrogen-bond donors (Lipinski definition) is 0. The van der Waals surface area contributed by atoms with E-state index in [1.165, 1.54) is 83.1 Å². The second-order valence-electron chi connectivity index (χ2n) is 13.8. The number of nitrogens with zero attached hydrogens (tertiary/aromatic N) is 2. The number of hydrogen-bond acceptors (Lipinski definition) is 2. The van der Waals surface area contributed by atoms with Gasteiger partial charge in [0.1, 0.15) is 0 Å². The van der Waals surface area contributed by atoms with Crippen LogP contribution in [0.1, 0.15) is 33.4 Å². The van der Waals surface area contributed by atoms with E-state index in [0.717, 1.165) is 16.7 Å². The molecule has 0 radical (unpaired) electrons. The second kappa shape index (κ2) is 10.0. The van der Waals surface area contributed by atoms with Crippen molar-refractivity contribution < 1.29 is 0 Å². The summed E-state index contributed by atoms with van der Waals surface area (Å²) in [5, 5.41) is 22.1. The fraction of sp³-hybridized carbons (Fsp3) is 0.0204. The Morgan fingerprint density at radius 1 is 0.353 bits per heavy atom. The van der Waals surface area contributed by atoms with Crippen molar-refractivity contribution in [2.45, 2.75) is 5.41 Å². The van der Waals surface area contributed by atoms with Gasteiger partial charge in [0.05, 0.1) is 28.7 Å². The Bertz CT molecular complexity index is 2870. The van der Waals surface area contributed by atoms with Crippen LogP contribution in [-0.4, -0.2) is 0 Å². The smallest absolute Gasteiger partial charge is 0.0992 e. The molecule has 51 heavy (non-hydrogen) atoms. The molecular weight excluding hydrogens is 617 g/mol. The van der Waals surface area contributed by atoms with E-state index in [1.54, 1.807) is 6.07 Å². The Hall–Kier alpha value is -7.00. The van der Waals surface area contributed by atoms with Crippen LogP contribution in [0.5, 0.6) is 0 Å². The maximum absolute atomic E-state index is 9.81. The lowest BCUT2D eigenvalue weighted by Gasteiger charge is -2.31. The molecule has 3 aliphatic carbocycles. The van der Waals surface area contributed by atoms with Crippen LogP contribution >= 0.6 is 0 Å². The van der Waals surface area contributed by atoms with Crippen LogP contribution in [-0.2, 0) is 5.41 Å². The van der Waals surface area contributed by atoms with Gasteiger partial charge in [0, 0.05) is 0 Å². The van der Waals surface area contributed by atoms with Gasteiger partial charge in [-0.25, -0.2) is 0 Å². The van der Waals surface area contributed by atoms with E-state index >= 15 is 0 Å². The third kappa shape index (κ3) is 3.49. The molecule has 0 N–H and O–H groups in total. The highest BCUT2D eigenvalue weighted by atomic mass is 14.5. The van der Waals surface area contributed by atoms with Crippen molar-refractivity contribution in [2.24, 2.45) is 0 Å². The Morgan fingerprint density at radius 2 is 0.902 bits per heavy atom. The van der Waals surface area contributed by atoms with E-state index in [0.29, 0.717) is 11.1 Å². The van der Waals surface area contributed by atoms with Crippen LogP contribution in [0.25, 0.3) is 77.5 Å². The molecule has 0 heterocycles. The lowest BCUT2D eigenvalue weighted by molar-refractivity contribution is 0.794. The van der Waals surface area contributed by atoms with Gasteiger partial charge in [0.2, 0.25) is 0 Å². The highest BCUT2D eigenvalue weighted by Gasteiger charge is 2.53. The lowest BCUT2D eigenvalue weighted by Crippen LogP contribution is -2.26. The summed E-state index contributed by atoms with van der Waals surface area (Å²) in [6.45, 7) is 0. The fourth-order valence-electron chi connectivity index (χ4n) is 9.58. The first-order valence-corrected chi connectivity index (χ1v) is 17.3. The number of benzene rings is 8. The zero-order valence-electron chi connectivity index (χ0n) is 27.4. The average Bonchev–Trinajstić information content (AvgIpc) is 3.80. The molecule has 0 saturated carbocycles. The Balaban J connectivity index is 1.31. The van der Waals surface area contributed by atoms with Crippen molar-refractivity contribution in [3.8, 4) is 78.9 Å². The molecule has 0 bridgehead atoms. The molecule has 0 atom stereocenters. The first kappa shape index (κ1) is 27.9. The minimum absolute atomic E-state index is 0.479. The summed E-state index contributed by atoms with van der Waals surface area (Å²) >= 11 is 0. The van der Waals surface area contributed by atoms with E-state index in [4.69, 9.17) is 0 Å². The minimum atomic E-state index is -0.480. The zero-order chi connectivity index (χ0) is 33.8. The molecule has 0 aliphatic heterocycles.